The van der Waals surface area contributed by atoms with Crippen LogP contribution >= 0.6 is 23.4 Å². The topological polar surface area (TPSA) is 96.5 Å². The largest absolute Gasteiger partial charge is 0.494 e. The van der Waals surface area contributed by atoms with Crippen LogP contribution in [0.1, 0.15) is 24.7 Å². The number of amidine groups is 1. The molecule has 2 heterocycles. The Balaban J connectivity index is 1.27. The molecular weight excluding hydrogens is 572 g/mol. The van der Waals surface area contributed by atoms with Crippen LogP contribution in [0.3, 0.4) is 0 Å². The van der Waals surface area contributed by atoms with Crippen molar-refractivity contribution in [2.75, 3.05) is 18.5 Å². The minimum Gasteiger partial charge on any atom is -0.494 e. The summed E-state index contributed by atoms with van der Waals surface area (Å²) >= 11 is 7.33. The van der Waals surface area contributed by atoms with Crippen LogP contribution in [0.4, 0.5) is 5.69 Å². The lowest BCUT2D eigenvalue weighted by Crippen LogP contribution is -2.35. The molecule has 0 spiro atoms. The van der Waals surface area contributed by atoms with Gasteiger partial charge in [0, 0.05) is 29.2 Å². The van der Waals surface area contributed by atoms with Gasteiger partial charge in [-0.2, -0.15) is 5.10 Å². The van der Waals surface area contributed by atoms with E-state index in [1.54, 1.807) is 41.3 Å². The highest BCUT2D eigenvalue weighted by atomic mass is 35.5. The molecule has 1 aliphatic rings. The maximum absolute atomic E-state index is 13.4. The zero-order valence-corrected chi connectivity index (χ0v) is 24.5. The lowest BCUT2D eigenvalue weighted by molar-refractivity contribution is -0.128. The highest BCUT2D eigenvalue weighted by Crippen LogP contribution is 2.31. The molecule has 5 rings (SSSR count). The molecule has 4 aromatic rings. The summed E-state index contributed by atoms with van der Waals surface area (Å²) in [4.78, 5) is 27.8. The summed E-state index contributed by atoms with van der Waals surface area (Å²) in [6, 6.07) is 28.0. The summed E-state index contributed by atoms with van der Waals surface area (Å²) in [5.41, 5.74) is 2.58. The first-order valence-electron chi connectivity index (χ1n) is 13.5. The predicted molar refractivity (Wildman–Crippen MR) is 168 cm³/mol. The van der Waals surface area contributed by atoms with E-state index in [4.69, 9.17) is 20.8 Å². The van der Waals surface area contributed by atoms with Gasteiger partial charge in [0.15, 0.2) is 5.17 Å². The fourth-order valence-corrected chi connectivity index (χ4v) is 5.65. The van der Waals surface area contributed by atoms with Gasteiger partial charge in [-0.3, -0.25) is 14.5 Å². The van der Waals surface area contributed by atoms with Gasteiger partial charge in [-0.1, -0.05) is 65.8 Å². The number of rotatable bonds is 11. The van der Waals surface area contributed by atoms with Gasteiger partial charge < -0.3 is 14.5 Å². The second-order valence-electron chi connectivity index (χ2n) is 9.38. The number of ether oxygens (including phenoxy) is 1. The number of hydrogen-bond acceptors (Lipinski definition) is 7. The van der Waals surface area contributed by atoms with E-state index < -0.39 is 5.25 Å². The first-order chi connectivity index (χ1) is 20.5. The van der Waals surface area contributed by atoms with E-state index in [1.165, 1.54) is 18.0 Å². The molecule has 0 aliphatic carbocycles. The highest BCUT2D eigenvalue weighted by Gasteiger charge is 2.39. The molecule has 1 fully saturated rings. The van der Waals surface area contributed by atoms with E-state index in [1.807, 2.05) is 61.5 Å². The van der Waals surface area contributed by atoms with Gasteiger partial charge in [0.05, 0.1) is 12.8 Å². The van der Waals surface area contributed by atoms with E-state index in [-0.39, 0.29) is 18.2 Å². The van der Waals surface area contributed by atoms with Gasteiger partial charge >= 0.3 is 0 Å². The Morgan fingerprint density at radius 2 is 1.88 bits per heavy atom. The maximum atomic E-state index is 13.4. The lowest BCUT2D eigenvalue weighted by Gasteiger charge is -2.15. The van der Waals surface area contributed by atoms with Crippen molar-refractivity contribution in [1.29, 1.82) is 0 Å². The Morgan fingerprint density at radius 1 is 1.07 bits per heavy atom. The number of anilines is 1. The van der Waals surface area contributed by atoms with Crippen LogP contribution in [0.25, 0.3) is 11.3 Å². The van der Waals surface area contributed by atoms with E-state index in [0.29, 0.717) is 47.0 Å². The van der Waals surface area contributed by atoms with E-state index in [2.05, 4.69) is 15.5 Å². The SMILES string of the molecule is CCOc1ccc(NC(=O)CC2S/C(=N\N=C\c3ccc(-c4cccc(Cl)c4)o3)N(CCc3ccccc3)C2=O)cc1. The van der Waals surface area contributed by atoms with Gasteiger partial charge in [-0.25, -0.2) is 0 Å². The number of amides is 2. The van der Waals surface area contributed by atoms with Crippen LogP contribution < -0.4 is 10.1 Å². The normalized spacial score (nSPS) is 16.0. The molecule has 214 valence electrons. The van der Waals surface area contributed by atoms with E-state index >= 15 is 0 Å². The predicted octanol–water partition coefficient (Wildman–Crippen LogP) is 6.90. The van der Waals surface area contributed by atoms with Gasteiger partial charge in [-0.05, 0) is 67.4 Å². The fraction of sp³-hybridized carbons (Fsp3) is 0.188. The average Bonchev–Trinajstić information content (AvgIpc) is 3.58. The molecule has 0 saturated carbocycles. The molecule has 1 saturated heterocycles. The summed E-state index contributed by atoms with van der Waals surface area (Å²) in [7, 11) is 0. The van der Waals surface area contributed by atoms with Crippen molar-refractivity contribution in [3.8, 4) is 17.1 Å². The van der Waals surface area contributed by atoms with Crippen LogP contribution in [-0.4, -0.2) is 46.5 Å². The second kappa shape index (κ2) is 14.0. The molecule has 2 amide bonds. The molecule has 3 aromatic carbocycles. The molecular formula is C32H29ClN4O4S. The number of nitrogens with one attached hydrogen (secondary N) is 1. The van der Waals surface area contributed by atoms with Crippen molar-refractivity contribution < 1.29 is 18.7 Å². The van der Waals surface area contributed by atoms with Crippen molar-refractivity contribution >= 4 is 52.2 Å². The summed E-state index contributed by atoms with van der Waals surface area (Å²) in [6.45, 7) is 2.89. The molecule has 10 heteroatoms. The average molecular weight is 601 g/mol. The molecule has 0 bridgehead atoms. The monoisotopic (exact) mass is 600 g/mol. The zero-order valence-electron chi connectivity index (χ0n) is 22.9. The van der Waals surface area contributed by atoms with Crippen molar-refractivity contribution in [2.24, 2.45) is 10.2 Å². The first-order valence-corrected chi connectivity index (χ1v) is 14.8. The van der Waals surface area contributed by atoms with Crippen molar-refractivity contribution in [1.82, 2.24) is 4.90 Å². The Kier molecular flexibility index (Phi) is 9.74. The molecule has 1 unspecified atom stereocenters. The highest BCUT2D eigenvalue weighted by molar-refractivity contribution is 8.15. The molecule has 1 aromatic heterocycles. The van der Waals surface area contributed by atoms with Gasteiger partial charge in [0.25, 0.3) is 0 Å². The number of halogens is 1. The lowest BCUT2D eigenvalue weighted by atomic mass is 10.1. The number of hydrogen-bond donors (Lipinski definition) is 1. The zero-order chi connectivity index (χ0) is 29.3. The van der Waals surface area contributed by atoms with Crippen LogP contribution in [0, 0.1) is 0 Å². The molecule has 1 N–H and O–H groups in total. The number of furan rings is 1. The van der Waals surface area contributed by atoms with Crippen LogP contribution in [0.15, 0.2) is 106 Å². The number of nitrogens with zero attached hydrogens (tertiary/aromatic N) is 3. The summed E-state index contributed by atoms with van der Waals surface area (Å²) < 4.78 is 11.3. The molecule has 1 atom stereocenters. The Hall–Kier alpha value is -4.34. The molecule has 42 heavy (non-hydrogen) atoms. The maximum Gasteiger partial charge on any atom is 0.242 e. The number of carbonyl (C=O) groups is 2. The Morgan fingerprint density at radius 3 is 2.64 bits per heavy atom. The third-order valence-corrected chi connectivity index (χ3v) is 7.77. The van der Waals surface area contributed by atoms with E-state index in [0.717, 1.165) is 16.9 Å². The summed E-state index contributed by atoms with van der Waals surface area (Å²) in [5.74, 6) is 1.45. The molecule has 8 nitrogen and oxygen atoms in total. The minimum absolute atomic E-state index is 0.00244. The number of carbonyl (C=O) groups excluding carboxylic acids is 2. The van der Waals surface area contributed by atoms with Gasteiger partial charge in [0.1, 0.15) is 22.5 Å². The number of benzene rings is 3. The third-order valence-electron chi connectivity index (χ3n) is 6.37. The van der Waals surface area contributed by atoms with Gasteiger partial charge in [-0.15, -0.1) is 5.10 Å². The van der Waals surface area contributed by atoms with Crippen molar-refractivity contribution in [2.45, 2.75) is 25.0 Å². The smallest absolute Gasteiger partial charge is 0.242 e. The first kappa shape index (κ1) is 29.2. The van der Waals surface area contributed by atoms with E-state index in [9.17, 15) is 9.59 Å². The van der Waals surface area contributed by atoms with Crippen LogP contribution in [0.5, 0.6) is 5.75 Å². The molecule has 0 radical (unpaired) electrons. The van der Waals surface area contributed by atoms with Crippen LogP contribution in [0.2, 0.25) is 5.02 Å². The molecule has 1 aliphatic heterocycles. The Labute approximate surface area is 253 Å². The van der Waals surface area contributed by atoms with Crippen molar-refractivity contribution in [3.05, 3.63) is 107 Å². The fourth-order valence-electron chi connectivity index (χ4n) is 4.34. The van der Waals surface area contributed by atoms with Crippen molar-refractivity contribution in [3.63, 3.8) is 0 Å². The second-order valence-corrected chi connectivity index (χ2v) is 11.0. The Bertz CT molecular complexity index is 1590. The third kappa shape index (κ3) is 7.69. The number of thioether (sulfide) groups is 1. The van der Waals surface area contributed by atoms with Gasteiger partial charge in [0.2, 0.25) is 11.8 Å². The summed E-state index contributed by atoms with van der Waals surface area (Å²) in [6.07, 6.45) is 2.14. The quantitative estimate of drug-likeness (QED) is 0.149. The standard InChI is InChI=1S/C32H29ClN4O4S/c1-2-40-26-13-11-25(12-14-26)35-30(38)20-29-31(39)37(18-17-22-7-4-3-5-8-22)32(42-29)36-34-21-27-15-16-28(41-27)23-9-6-10-24(33)19-23/h3-16,19,21,29H,2,17-18,20H2,1H3,(H,35,38)/b34-21+,36-32-. The van der Waals surface area contributed by atoms with Crippen LogP contribution in [-0.2, 0) is 16.0 Å². The summed E-state index contributed by atoms with van der Waals surface area (Å²) in [5, 5.41) is 11.9. The minimum atomic E-state index is -0.615.